The first-order valence-electron chi connectivity index (χ1n) is 8.89. The fraction of sp³-hybridized carbons (Fsp3) is 0.136. The van der Waals surface area contributed by atoms with Crippen molar-refractivity contribution < 1.29 is 13.2 Å². The standard InChI is InChI=1S/C22H14F3NS3/c1-2-3-12-6-15(24)22(16(25)7-12)21-10-20-19(29-21)9-18(28-20)13-4-5-17(26-11-27)14(23)8-13/h4-10H,2-3H2,1H3. The minimum Gasteiger partial charge on any atom is -0.206 e. The van der Waals surface area contributed by atoms with Crippen molar-refractivity contribution in [3.05, 3.63) is 65.5 Å². The van der Waals surface area contributed by atoms with Crippen LogP contribution in [0.1, 0.15) is 18.9 Å². The van der Waals surface area contributed by atoms with E-state index in [9.17, 15) is 13.2 Å². The van der Waals surface area contributed by atoms with Gasteiger partial charge in [0.15, 0.2) is 0 Å². The number of nitrogens with zero attached hydrogens (tertiary/aromatic N) is 1. The predicted molar refractivity (Wildman–Crippen MR) is 119 cm³/mol. The molecule has 0 fully saturated rings. The van der Waals surface area contributed by atoms with Crippen LogP contribution >= 0.6 is 34.9 Å². The van der Waals surface area contributed by atoms with E-state index in [1.165, 1.54) is 40.9 Å². The van der Waals surface area contributed by atoms with Gasteiger partial charge in [-0.2, -0.15) is 4.99 Å². The van der Waals surface area contributed by atoms with Crippen LogP contribution in [0.25, 0.3) is 30.3 Å². The van der Waals surface area contributed by atoms with Crippen LogP contribution in [0.4, 0.5) is 18.9 Å². The molecule has 2 heterocycles. The molecule has 0 spiro atoms. The van der Waals surface area contributed by atoms with Crippen LogP contribution in [-0.2, 0) is 6.42 Å². The van der Waals surface area contributed by atoms with Gasteiger partial charge >= 0.3 is 0 Å². The van der Waals surface area contributed by atoms with Gasteiger partial charge in [0.2, 0.25) is 0 Å². The number of benzene rings is 2. The molecule has 146 valence electrons. The number of hydrogen-bond donors (Lipinski definition) is 0. The molecule has 0 amide bonds. The van der Waals surface area contributed by atoms with E-state index in [-0.39, 0.29) is 11.3 Å². The highest BCUT2D eigenvalue weighted by molar-refractivity contribution is 7.78. The Kier molecular flexibility index (Phi) is 5.65. The summed E-state index contributed by atoms with van der Waals surface area (Å²) in [5, 5.41) is 2.15. The molecule has 29 heavy (non-hydrogen) atoms. The molecule has 0 aliphatic heterocycles. The van der Waals surface area contributed by atoms with E-state index in [1.54, 1.807) is 18.2 Å². The van der Waals surface area contributed by atoms with Gasteiger partial charge in [0.25, 0.3) is 0 Å². The Labute approximate surface area is 179 Å². The van der Waals surface area contributed by atoms with Gasteiger partial charge in [0.1, 0.15) is 23.1 Å². The summed E-state index contributed by atoms with van der Waals surface area (Å²) in [6, 6.07) is 11.2. The van der Waals surface area contributed by atoms with E-state index in [0.717, 1.165) is 20.7 Å². The van der Waals surface area contributed by atoms with Crippen LogP contribution in [0.3, 0.4) is 0 Å². The third kappa shape index (κ3) is 3.91. The SMILES string of the molecule is CCCc1cc(F)c(-c2cc3sc(-c4ccc(N=C=S)c(F)c4)cc3s2)c(F)c1. The summed E-state index contributed by atoms with van der Waals surface area (Å²) in [6.07, 6.45) is 1.47. The lowest BCUT2D eigenvalue weighted by Gasteiger charge is -2.06. The fourth-order valence-electron chi connectivity index (χ4n) is 3.20. The van der Waals surface area contributed by atoms with Crippen molar-refractivity contribution in [2.24, 2.45) is 4.99 Å². The summed E-state index contributed by atoms with van der Waals surface area (Å²) < 4.78 is 45.0. The first-order chi connectivity index (χ1) is 14.0. The second-order valence-corrected chi connectivity index (χ2v) is 8.85. The van der Waals surface area contributed by atoms with E-state index in [0.29, 0.717) is 22.4 Å². The molecule has 7 heteroatoms. The number of thiocarbonyl (C=S) groups is 1. The first kappa shape index (κ1) is 20.0. The summed E-state index contributed by atoms with van der Waals surface area (Å²) in [6.45, 7) is 1.97. The monoisotopic (exact) mass is 445 g/mol. The minimum atomic E-state index is -0.542. The third-order valence-corrected chi connectivity index (χ3v) is 6.94. The zero-order valence-electron chi connectivity index (χ0n) is 15.3. The summed E-state index contributed by atoms with van der Waals surface area (Å²) in [5.41, 5.74) is 1.52. The molecule has 0 aliphatic rings. The number of aliphatic imine (C=N–C) groups is 1. The highest BCUT2D eigenvalue weighted by Gasteiger charge is 2.17. The summed E-state index contributed by atoms with van der Waals surface area (Å²) in [5.74, 6) is -1.56. The predicted octanol–water partition coefficient (Wildman–Crippen LogP) is 8.40. The average molecular weight is 446 g/mol. The van der Waals surface area contributed by atoms with Crippen LogP contribution in [0.5, 0.6) is 0 Å². The second-order valence-electron chi connectivity index (χ2n) is 6.50. The molecule has 0 N–H and O–H groups in total. The van der Waals surface area contributed by atoms with E-state index < -0.39 is 17.5 Å². The number of isothiocyanates is 1. The van der Waals surface area contributed by atoms with Gasteiger partial charge in [-0.15, -0.1) is 22.7 Å². The number of thiophene rings is 2. The molecule has 1 nitrogen and oxygen atoms in total. The summed E-state index contributed by atoms with van der Waals surface area (Å²) >= 11 is 7.28. The lowest BCUT2D eigenvalue weighted by atomic mass is 10.1. The van der Waals surface area contributed by atoms with Gasteiger partial charge in [0.05, 0.1) is 10.7 Å². The van der Waals surface area contributed by atoms with Crippen LogP contribution in [0.15, 0.2) is 47.5 Å². The normalized spacial score (nSPS) is 11.0. The molecule has 0 aliphatic carbocycles. The Morgan fingerprint density at radius 1 is 0.897 bits per heavy atom. The largest absolute Gasteiger partial charge is 0.206 e. The van der Waals surface area contributed by atoms with Crippen molar-refractivity contribution in [3.8, 4) is 20.9 Å². The van der Waals surface area contributed by atoms with Gasteiger partial charge in [-0.1, -0.05) is 19.4 Å². The zero-order valence-corrected chi connectivity index (χ0v) is 17.7. The molecule has 0 radical (unpaired) electrons. The van der Waals surface area contributed by atoms with Crippen molar-refractivity contribution in [2.45, 2.75) is 19.8 Å². The highest BCUT2D eigenvalue weighted by atomic mass is 32.1. The van der Waals surface area contributed by atoms with Gasteiger partial charge in [0, 0.05) is 19.2 Å². The molecule has 0 saturated carbocycles. The van der Waals surface area contributed by atoms with Crippen molar-refractivity contribution in [1.29, 1.82) is 0 Å². The highest BCUT2D eigenvalue weighted by Crippen LogP contribution is 2.43. The van der Waals surface area contributed by atoms with Gasteiger partial charge in [-0.3, -0.25) is 0 Å². The van der Waals surface area contributed by atoms with E-state index in [1.807, 2.05) is 13.0 Å². The minimum absolute atomic E-state index is 0.00762. The number of hydrogen-bond acceptors (Lipinski definition) is 4. The number of fused-ring (bicyclic) bond motifs is 1. The first-order valence-corrected chi connectivity index (χ1v) is 10.9. The smallest absolute Gasteiger partial charge is 0.150 e. The molecule has 2 aromatic carbocycles. The molecule has 0 unspecified atom stereocenters. The topological polar surface area (TPSA) is 12.4 Å². The Bertz CT molecular complexity index is 1210. The van der Waals surface area contributed by atoms with Gasteiger partial charge in [-0.05, 0) is 66.2 Å². The Hall–Kier alpha value is -2.31. The maximum atomic E-state index is 14.6. The maximum Gasteiger partial charge on any atom is 0.150 e. The lowest BCUT2D eigenvalue weighted by Crippen LogP contribution is -1.93. The lowest BCUT2D eigenvalue weighted by molar-refractivity contribution is 0.586. The Balaban J connectivity index is 1.71. The van der Waals surface area contributed by atoms with E-state index >= 15 is 0 Å². The van der Waals surface area contributed by atoms with E-state index in [4.69, 9.17) is 0 Å². The van der Waals surface area contributed by atoms with Crippen molar-refractivity contribution in [3.63, 3.8) is 0 Å². The average Bonchev–Trinajstić information content (AvgIpc) is 3.22. The molecule has 4 aromatic rings. The van der Waals surface area contributed by atoms with Crippen LogP contribution in [-0.4, -0.2) is 5.16 Å². The molecular formula is C22H14F3NS3. The molecular weight excluding hydrogens is 431 g/mol. The molecule has 4 rings (SSSR count). The van der Waals surface area contributed by atoms with Gasteiger partial charge < -0.3 is 0 Å². The Morgan fingerprint density at radius 3 is 2.17 bits per heavy atom. The van der Waals surface area contributed by atoms with E-state index in [2.05, 4.69) is 22.4 Å². The van der Waals surface area contributed by atoms with Crippen LogP contribution < -0.4 is 0 Å². The van der Waals surface area contributed by atoms with Crippen molar-refractivity contribution in [2.75, 3.05) is 0 Å². The molecule has 0 saturated heterocycles. The number of aryl methyl sites for hydroxylation is 1. The maximum absolute atomic E-state index is 14.6. The second kappa shape index (κ2) is 8.20. The summed E-state index contributed by atoms with van der Waals surface area (Å²) in [4.78, 5) is 5.10. The Morgan fingerprint density at radius 2 is 1.55 bits per heavy atom. The quantitative estimate of drug-likeness (QED) is 0.222. The molecule has 2 aromatic heterocycles. The van der Waals surface area contributed by atoms with Crippen molar-refractivity contribution in [1.82, 2.24) is 0 Å². The zero-order chi connectivity index (χ0) is 20.5. The number of rotatable bonds is 5. The van der Waals surface area contributed by atoms with Crippen LogP contribution in [0, 0.1) is 17.5 Å². The molecule has 0 bridgehead atoms. The van der Waals surface area contributed by atoms with Crippen molar-refractivity contribution >= 4 is 55.1 Å². The van der Waals surface area contributed by atoms with Gasteiger partial charge in [-0.25, -0.2) is 13.2 Å². The fourth-order valence-corrected chi connectivity index (χ4v) is 5.73. The molecule has 0 atom stereocenters. The summed E-state index contributed by atoms with van der Waals surface area (Å²) in [7, 11) is 0. The van der Waals surface area contributed by atoms with Crippen LogP contribution in [0.2, 0.25) is 0 Å². The number of halogens is 3. The third-order valence-electron chi connectivity index (χ3n) is 4.49.